The van der Waals surface area contributed by atoms with Crippen molar-refractivity contribution in [3.05, 3.63) is 59.2 Å². The molecule has 1 aliphatic rings. The number of fused-ring (bicyclic) bond motifs is 1. The minimum absolute atomic E-state index is 0.210. The summed E-state index contributed by atoms with van der Waals surface area (Å²) in [5.41, 5.74) is 6.29. The molecule has 0 amide bonds. The van der Waals surface area contributed by atoms with Gasteiger partial charge in [-0.05, 0) is 47.9 Å². The van der Waals surface area contributed by atoms with Crippen molar-refractivity contribution in [2.75, 3.05) is 0 Å². The molecular weight excluding hydrogens is 244 g/mol. The largest absolute Gasteiger partial charge is 0.294 e. The summed E-state index contributed by atoms with van der Waals surface area (Å²) in [6.45, 7) is 1.90. The van der Waals surface area contributed by atoms with Gasteiger partial charge in [-0.25, -0.2) is 0 Å². The molecule has 1 aliphatic carbocycles. The number of ketones is 1. The normalized spacial score (nSPS) is 13.8. The molecule has 0 saturated heterocycles. The third-order valence-corrected chi connectivity index (χ3v) is 4.21. The summed E-state index contributed by atoms with van der Waals surface area (Å²) >= 11 is 0. The van der Waals surface area contributed by atoms with E-state index in [-0.39, 0.29) is 5.78 Å². The average molecular weight is 264 g/mol. The predicted molar refractivity (Wildman–Crippen MR) is 83.1 cm³/mol. The molecule has 0 atom stereocenters. The Morgan fingerprint density at radius 3 is 2.25 bits per heavy atom. The fourth-order valence-corrected chi connectivity index (χ4v) is 2.97. The molecule has 0 saturated carbocycles. The van der Waals surface area contributed by atoms with Crippen molar-refractivity contribution >= 4 is 5.78 Å². The van der Waals surface area contributed by atoms with Gasteiger partial charge >= 0.3 is 0 Å². The van der Waals surface area contributed by atoms with Crippen LogP contribution in [0.25, 0.3) is 11.1 Å². The molecule has 0 unspecified atom stereocenters. The lowest BCUT2D eigenvalue weighted by molar-refractivity contribution is 0.0988. The van der Waals surface area contributed by atoms with E-state index in [9.17, 15) is 4.79 Å². The summed E-state index contributed by atoms with van der Waals surface area (Å²) in [5, 5.41) is 0. The third kappa shape index (κ3) is 2.53. The molecule has 0 N–H and O–H groups in total. The van der Waals surface area contributed by atoms with Gasteiger partial charge < -0.3 is 0 Å². The highest BCUT2D eigenvalue weighted by atomic mass is 16.1. The third-order valence-electron chi connectivity index (χ3n) is 4.21. The van der Waals surface area contributed by atoms with Crippen molar-refractivity contribution in [1.82, 2.24) is 0 Å². The van der Waals surface area contributed by atoms with Crippen LogP contribution in [0.15, 0.2) is 42.5 Å². The van der Waals surface area contributed by atoms with E-state index < -0.39 is 0 Å². The van der Waals surface area contributed by atoms with Crippen molar-refractivity contribution in [1.29, 1.82) is 0 Å². The van der Waals surface area contributed by atoms with Crippen LogP contribution in [0.3, 0.4) is 0 Å². The van der Waals surface area contributed by atoms with Gasteiger partial charge in [-0.3, -0.25) is 4.79 Å². The van der Waals surface area contributed by atoms with Crippen molar-refractivity contribution < 1.29 is 4.79 Å². The SMILES string of the molecule is CCC(=O)c1ccc(-c2ccc3c(c2)CCCC3)cc1. The van der Waals surface area contributed by atoms with E-state index in [2.05, 4.69) is 30.3 Å². The molecular formula is C19H20O. The number of benzene rings is 2. The van der Waals surface area contributed by atoms with Crippen LogP contribution in [0, 0.1) is 0 Å². The highest BCUT2D eigenvalue weighted by Gasteiger charge is 2.10. The van der Waals surface area contributed by atoms with Gasteiger partial charge in [0.2, 0.25) is 0 Å². The summed E-state index contributed by atoms with van der Waals surface area (Å²) in [7, 11) is 0. The number of rotatable bonds is 3. The second-order valence-electron chi connectivity index (χ2n) is 5.54. The molecule has 0 bridgehead atoms. The van der Waals surface area contributed by atoms with Crippen LogP contribution in [0.5, 0.6) is 0 Å². The molecule has 1 heteroatoms. The number of hydrogen-bond acceptors (Lipinski definition) is 1. The van der Waals surface area contributed by atoms with Crippen LogP contribution in [-0.2, 0) is 12.8 Å². The Morgan fingerprint density at radius 2 is 1.55 bits per heavy atom. The van der Waals surface area contributed by atoms with Gasteiger partial charge in [-0.15, -0.1) is 0 Å². The zero-order valence-corrected chi connectivity index (χ0v) is 12.0. The van der Waals surface area contributed by atoms with Crippen LogP contribution in [0.2, 0.25) is 0 Å². The summed E-state index contributed by atoms with van der Waals surface area (Å²) < 4.78 is 0. The molecule has 0 spiro atoms. The van der Waals surface area contributed by atoms with Crippen LogP contribution in [0.4, 0.5) is 0 Å². The minimum Gasteiger partial charge on any atom is -0.294 e. The average Bonchev–Trinajstić information content (AvgIpc) is 2.54. The minimum atomic E-state index is 0.210. The molecule has 0 radical (unpaired) electrons. The molecule has 1 nitrogen and oxygen atoms in total. The van der Waals surface area contributed by atoms with E-state index in [0.717, 1.165) is 5.56 Å². The molecule has 0 fully saturated rings. The van der Waals surface area contributed by atoms with E-state index in [1.807, 2.05) is 19.1 Å². The summed E-state index contributed by atoms with van der Waals surface area (Å²) in [4.78, 5) is 11.7. The van der Waals surface area contributed by atoms with Gasteiger partial charge in [-0.1, -0.05) is 49.4 Å². The van der Waals surface area contributed by atoms with Gasteiger partial charge in [0, 0.05) is 12.0 Å². The number of hydrogen-bond donors (Lipinski definition) is 0. The fourth-order valence-electron chi connectivity index (χ4n) is 2.97. The Morgan fingerprint density at radius 1 is 0.900 bits per heavy atom. The maximum absolute atomic E-state index is 11.7. The van der Waals surface area contributed by atoms with Crippen molar-refractivity contribution in [2.45, 2.75) is 39.0 Å². The monoisotopic (exact) mass is 264 g/mol. The lowest BCUT2D eigenvalue weighted by Crippen LogP contribution is -2.02. The van der Waals surface area contributed by atoms with E-state index in [1.165, 1.54) is 47.9 Å². The van der Waals surface area contributed by atoms with Gasteiger partial charge in [-0.2, -0.15) is 0 Å². The predicted octanol–water partition coefficient (Wildman–Crippen LogP) is 4.83. The van der Waals surface area contributed by atoms with Gasteiger partial charge in [0.15, 0.2) is 5.78 Å². The first-order valence-corrected chi connectivity index (χ1v) is 7.53. The van der Waals surface area contributed by atoms with Crippen molar-refractivity contribution in [3.63, 3.8) is 0 Å². The maximum Gasteiger partial charge on any atom is 0.162 e. The zero-order valence-electron chi connectivity index (χ0n) is 12.0. The van der Waals surface area contributed by atoms with Crippen LogP contribution < -0.4 is 0 Å². The van der Waals surface area contributed by atoms with Gasteiger partial charge in [0.25, 0.3) is 0 Å². The summed E-state index contributed by atoms with van der Waals surface area (Å²) in [6, 6.07) is 14.8. The molecule has 20 heavy (non-hydrogen) atoms. The fraction of sp³-hybridized carbons (Fsp3) is 0.316. The van der Waals surface area contributed by atoms with Crippen LogP contribution in [0.1, 0.15) is 47.7 Å². The molecule has 2 aromatic rings. The standard InChI is InChI=1S/C19H20O/c1-2-19(20)16-10-7-15(8-11-16)18-12-9-14-5-3-4-6-17(14)13-18/h7-13H,2-6H2,1H3. The lowest BCUT2D eigenvalue weighted by atomic mass is 9.89. The lowest BCUT2D eigenvalue weighted by Gasteiger charge is -2.16. The maximum atomic E-state index is 11.7. The number of carbonyl (C=O) groups excluding carboxylic acids is 1. The second kappa shape index (κ2) is 5.62. The number of Topliss-reactive ketones (excluding diaryl/α,β-unsaturated/α-hetero) is 1. The number of carbonyl (C=O) groups is 1. The molecule has 0 aliphatic heterocycles. The molecule has 2 aromatic carbocycles. The first-order valence-electron chi connectivity index (χ1n) is 7.53. The van der Waals surface area contributed by atoms with Crippen LogP contribution >= 0.6 is 0 Å². The topological polar surface area (TPSA) is 17.1 Å². The molecule has 0 aromatic heterocycles. The Kier molecular flexibility index (Phi) is 3.68. The van der Waals surface area contributed by atoms with Gasteiger partial charge in [0.1, 0.15) is 0 Å². The van der Waals surface area contributed by atoms with E-state index in [1.54, 1.807) is 0 Å². The first-order chi connectivity index (χ1) is 9.78. The second-order valence-corrected chi connectivity index (χ2v) is 5.54. The molecule has 3 rings (SSSR count). The Balaban J connectivity index is 1.91. The highest BCUT2D eigenvalue weighted by molar-refractivity contribution is 5.96. The van der Waals surface area contributed by atoms with E-state index >= 15 is 0 Å². The van der Waals surface area contributed by atoms with E-state index in [4.69, 9.17) is 0 Å². The Bertz CT molecular complexity index is 623. The highest BCUT2D eigenvalue weighted by Crippen LogP contribution is 2.27. The number of aryl methyl sites for hydroxylation is 2. The Labute approximate surface area is 120 Å². The molecule has 0 heterocycles. The molecule has 102 valence electrons. The summed E-state index contributed by atoms with van der Waals surface area (Å²) in [5.74, 6) is 0.210. The van der Waals surface area contributed by atoms with Crippen molar-refractivity contribution in [2.24, 2.45) is 0 Å². The van der Waals surface area contributed by atoms with Gasteiger partial charge in [0.05, 0.1) is 0 Å². The smallest absolute Gasteiger partial charge is 0.162 e. The van der Waals surface area contributed by atoms with E-state index in [0.29, 0.717) is 6.42 Å². The van der Waals surface area contributed by atoms with Crippen molar-refractivity contribution in [3.8, 4) is 11.1 Å². The first kappa shape index (κ1) is 13.1. The van der Waals surface area contributed by atoms with Crippen LogP contribution in [-0.4, -0.2) is 5.78 Å². The quantitative estimate of drug-likeness (QED) is 0.726. The Hall–Kier alpha value is -1.89. The summed E-state index contributed by atoms with van der Waals surface area (Å²) in [6.07, 6.45) is 5.62. The zero-order chi connectivity index (χ0) is 13.9.